The Morgan fingerprint density at radius 2 is 2.04 bits per heavy atom. The van der Waals surface area contributed by atoms with Crippen LogP contribution in [0.4, 0.5) is 4.39 Å². The molecule has 0 amide bonds. The molecule has 1 N–H and O–H groups in total. The number of aromatic nitrogens is 2. The molecule has 2 atom stereocenters. The van der Waals surface area contributed by atoms with Crippen molar-refractivity contribution in [1.29, 1.82) is 0 Å². The van der Waals surface area contributed by atoms with Crippen molar-refractivity contribution in [2.75, 3.05) is 0 Å². The number of hydrogen-bond acceptors (Lipinski definition) is 3. The zero-order valence-corrected chi connectivity index (χ0v) is 15.4. The number of furan rings is 1. The zero-order valence-electron chi connectivity index (χ0n) is 13.9. The maximum atomic E-state index is 14.5. The van der Waals surface area contributed by atoms with E-state index in [1.807, 2.05) is 24.3 Å². The minimum absolute atomic E-state index is 0.220. The third-order valence-electron chi connectivity index (χ3n) is 5.09. The Hall–Kier alpha value is -2.34. The summed E-state index contributed by atoms with van der Waals surface area (Å²) in [4.78, 5) is 4.14. The van der Waals surface area contributed by atoms with Gasteiger partial charge in [-0.2, -0.15) is 0 Å². The van der Waals surface area contributed by atoms with Crippen LogP contribution in [0.2, 0.25) is 10.4 Å². The number of nitrogens with zero attached hydrogens (tertiary/aromatic N) is 2. The van der Waals surface area contributed by atoms with E-state index >= 15 is 0 Å². The van der Waals surface area contributed by atoms with Gasteiger partial charge >= 0.3 is 0 Å². The second kappa shape index (κ2) is 6.09. The number of fused-ring (bicyclic) bond motifs is 4. The van der Waals surface area contributed by atoms with E-state index in [-0.39, 0.29) is 23.3 Å². The standard InChI is InChI=1S/C20H13Cl2FN2O2/c21-19-18-12-4-2-1-3-11(12)15(25(18)20(22)24-19)9-16(26)13-7-10-5-6-27-17(10)8-14(13)23/h1-8,15-16,26H,9H2. The minimum Gasteiger partial charge on any atom is -0.464 e. The third kappa shape index (κ3) is 2.50. The van der Waals surface area contributed by atoms with Gasteiger partial charge in [-0.3, -0.25) is 0 Å². The van der Waals surface area contributed by atoms with Crippen LogP contribution in [0.15, 0.2) is 53.1 Å². The molecule has 7 heteroatoms. The number of aliphatic hydroxyl groups is 1. The molecule has 5 rings (SSSR count). The summed E-state index contributed by atoms with van der Waals surface area (Å²) in [6.07, 6.45) is 0.689. The molecule has 27 heavy (non-hydrogen) atoms. The van der Waals surface area contributed by atoms with Crippen LogP contribution < -0.4 is 0 Å². The van der Waals surface area contributed by atoms with Crippen molar-refractivity contribution in [1.82, 2.24) is 9.55 Å². The molecule has 0 saturated carbocycles. The van der Waals surface area contributed by atoms with Gasteiger partial charge in [-0.25, -0.2) is 9.37 Å². The Morgan fingerprint density at radius 3 is 2.89 bits per heavy atom. The van der Waals surface area contributed by atoms with Crippen LogP contribution in [-0.4, -0.2) is 14.7 Å². The van der Waals surface area contributed by atoms with E-state index in [0.717, 1.165) is 22.2 Å². The van der Waals surface area contributed by atoms with Gasteiger partial charge in [0.25, 0.3) is 0 Å². The van der Waals surface area contributed by atoms with Crippen LogP contribution in [0.1, 0.15) is 29.7 Å². The Bertz CT molecular complexity index is 1180. The minimum atomic E-state index is -1.04. The molecular formula is C20H13Cl2FN2O2. The van der Waals surface area contributed by atoms with Crippen LogP contribution in [-0.2, 0) is 0 Å². The number of hydrogen-bond donors (Lipinski definition) is 1. The van der Waals surface area contributed by atoms with Crippen LogP contribution >= 0.6 is 23.2 Å². The lowest BCUT2D eigenvalue weighted by molar-refractivity contribution is 0.149. The van der Waals surface area contributed by atoms with Gasteiger partial charge in [-0.15, -0.1) is 0 Å². The highest BCUT2D eigenvalue weighted by Gasteiger charge is 2.35. The summed E-state index contributed by atoms with van der Waals surface area (Å²) >= 11 is 12.6. The van der Waals surface area contributed by atoms with Gasteiger partial charge in [0.1, 0.15) is 11.4 Å². The molecule has 2 aromatic carbocycles. The Balaban J connectivity index is 1.58. The first-order valence-corrected chi connectivity index (χ1v) is 9.17. The molecule has 0 saturated heterocycles. The van der Waals surface area contributed by atoms with E-state index in [4.69, 9.17) is 27.6 Å². The molecule has 3 heterocycles. The van der Waals surface area contributed by atoms with Gasteiger partial charge in [-0.1, -0.05) is 35.9 Å². The summed E-state index contributed by atoms with van der Waals surface area (Å²) in [6.45, 7) is 0. The normalized spacial score (nSPS) is 16.5. The van der Waals surface area contributed by atoms with Crippen molar-refractivity contribution in [2.45, 2.75) is 18.6 Å². The van der Waals surface area contributed by atoms with Gasteiger partial charge in [0, 0.05) is 29.0 Å². The Kier molecular flexibility index (Phi) is 3.79. The molecule has 0 spiro atoms. The van der Waals surface area contributed by atoms with E-state index in [1.54, 1.807) is 16.7 Å². The number of rotatable bonds is 3. The number of aliphatic hydroxyl groups excluding tert-OH is 1. The molecule has 4 aromatic rings. The van der Waals surface area contributed by atoms with E-state index in [2.05, 4.69) is 4.98 Å². The molecule has 0 radical (unpaired) electrons. The van der Waals surface area contributed by atoms with Crippen LogP contribution in [0.5, 0.6) is 0 Å². The second-order valence-electron chi connectivity index (χ2n) is 6.58. The predicted molar refractivity (Wildman–Crippen MR) is 102 cm³/mol. The van der Waals surface area contributed by atoms with Crippen LogP contribution in [0, 0.1) is 5.82 Å². The van der Waals surface area contributed by atoms with E-state index in [9.17, 15) is 9.50 Å². The van der Waals surface area contributed by atoms with Crippen LogP contribution in [0.25, 0.3) is 22.2 Å². The quantitative estimate of drug-likeness (QED) is 0.473. The van der Waals surface area contributed by atoms with E-state index < -0.39 is 11.9 Å². The van der Waals surface area contributed by atoms with Gasteiger partial charge in [0.05, 0.1) is 24.1 Å². The first-order chi connectivity index (χ1) is 13.0. The fourth-order valence-corrected chi connectivity index (χ4v) is 4.48. The molecule has 4 nitrogen and oxygen atoms in total. The smallest absolute Gasteiger partial charge is 0.205 e. The molecule has 0 aliphatic carbocycles. The van der Waals surface area contributed by atoms with E-state index in [1.165, 1.54) is 12.3 Å². The van der Waals surface area contributed by atoms with Crippen LogP contribution in [0.3, 0.4) is 0 Å². The fourth-order valence-electron chi connectivity index (χ4n) is 3.88. The lowest BCUT2D eigenvalue weighted by atomic mass is 9.95. The average Bonchev–Trinajstić information content (AvgIpc) is 3.30. The highest BCUT2D eigenvalue weighted by atomic mass is 35.5. The average molecular weight is 403 g/mol. The summed E-state index contributed by atoms with van der Waals surface area (Å²) in [7, 11) is 0. The summed E-state index contributed by atoms with van der Waals surface area (Å²) in [5, 5.41) is 12.1. The first-order valence-electron chi connectivity index (χ1n) is 8.42. The highest BCUT2D eigenvalue weighted by molar-refractivity contribution is 6.34. The number of benzene rings is 2. The largest absolute Gasteiger partial charge is 0.464 e. The van der Waals surface area contributed by atoms with Crippen molar-refractivity contribution in [3.63, 3.8) is 0 Å². The van der Waals surface area contributed by atoms with Crippen molar-refractivity contribution >= 4 is 34.2 Å². The summed E-state index contributed by atoms with van der Waals surface area (Å²) in [5.74, 6) is -0.508. The summed E-state index contributed by atoms with van der Waals surface area (Å²) < 4.78 is 21.5. The molecule has 1 aliphatic rings. The highest BCUT2D eigenvalue weighted by Crippen LogP contribution is 2.48. The Labute approximate surface area is 163 Å². The molecule has 2 aromatic heterocycles. The Morgan fingerprint density at radius 1 is 1.22 bits per heavy atom. The van der Waals surface area contributed by atoms with Crippen molar-refractivity contribution in [3.05, 3.63) is 76.1 Å². The van der Waals surface area contributed by atoms with Gasteiger partial charge in [0.15, 0.2) is 5.15 Å². The molecule has 1 aliphatic heterocycles. The van der Waals surface area contributed by atoms with E-state index in [0.29, 0.717) is 10.7 Å². The monoisotopic (exact) mass is 402 g/mol. The van der Waals surface area contributed by atoms with Crippen molar-refractivity contribution in [2.24, 2.45) is 0 Å². The molecular weight excluding hydrogens is 390 g/mol. The molecule has 0 fully saturated rings. The first kappa shape index (κ1) is 16.8. The van der Waals surface area contributed by atoms with Crippen molar-refractivity contribution < 1.29 is 13.9 Å². The zero-order chi connectivity index (χ0) is 18.7. The fraction of sp³-hybridized carbons (Fsp3) is 0.150. The second-order valence-corrected chi connectivity index (χ2v) is 7.27. The maximum Gasteiger partial charge on any atom is 0.205 e. The molecule has 0 bridgehead atoms. The number of halogens is 3. The predicted octanol–water partition coefficient (Wildman–Crippen LogP) is 5.77. The lowest BCUT2D eigenvalue weighted by Gasteiger charge is -2.20. The van der Waals surface area contributed by atoms with Gasteiger partial charge in [-0.05, 0) is 29.3 Å². The SMILES string of the molecule is OC(CC1c2ccccc2-c2c(Cl)nc(Cl)n21)c1cc2ccoc2cc1F. The summed E-state index contributed by atoms with van der Waals surface area (Å²) in [5.41, 5.74) is 3.28. The number of imidazole rings is 1. The van der Waals surface area contributed by atoms with Gasteiger partial charge in [0.2, 0.25) is 5.28 Å². The molecule has 2 unspecified atom stereocenters. The summed E-state index contributed by atoms with van der Waals surface area (Å²) in [6, 6.07) is 12.1. The maximum absolute atomic E-state index is 14.5. The third-order valence-corrected chi connectivity index (χ3v) is 5.62. The van der Waals surface area contributed by atoms with Gasteiger partial charge < -0.3 is 14.1 Å². The van der Waals surface area contributed by atoms with Crippen molar-refractivity contribution in [3.8, 4) is 11.3 Å². The lowest BCUT2D eigenvalue weighted by Crippen LogP contribution is -2.12. The molecule has 136 valence electrons. The topological polar surface area (TPSA) is 51.2 Å².